The van der Waals surface area contributed by atoms with Gasteiger partial charge in [0, 0.05) is 36.4 Å². The number of aromatic nitrogens is 1. The highest BCUT2D eigenvalue weighted by Crippen LogP contribution is 2.41. The summed E-state index contributed by atoms with van der Waals surface area (Å²) in [6, 6.07) is 3.10. The predicted octanol–water partition coefficient (Wildman–Crippen LogP) is 5.18. The lowest BCUT2D eigenvalue weighted by Gasteiger charge is -2.39. The zero-order chi connectivity index (χ0) is 23.6. The number of hydrogen-bond donors (Lipinski definition) is 2. The second-order valence-corrected chi connectivity index (χ2v) is 11.3. The number of nitrogens with one attached hydrogen (secondary N) is 2. The molecule has 2 aromatic rings. The minimum absolute atomic E-state index is 0. The van der Waals surface area contributed by atoms with Gasteiger partial charge in [-0.25, -0.2) is 0 Å². The molecule has 0 radical (unpaired) electrons. The second-order valence-electron chi connectivity index (χ2n) is 9.02. The third kappa shape index (κ3) is 6.21. The van der Waals surface area contributed by atoms with Gasteiger partial charge in [-0.1, -0.05) is 0 Å². The number of rotatable bonds is 7. The summed E-state index contributed by atoms with van der Waals surface area (Å²) in [6.45, 7) is 9.11. The molecule has 0 saturated heterocycles. The number of pyridine rings is 1. The Labute approximate surface area is 215 Å². The van der Waals surface area contributed by atoms with Gasteiger partial charge in [-0.05, 0) is 101 Å². The van der Waals surface area contributed by atoms with Crippen molar-refractivity contribution in [2.45, 2.75) is 72.0 Å². The fourth-order valence-electron chi connectivity index (χ4n) is 4.81. The Balaban J connectivity index is 0.00000385. The zero-order valence-electron chi connectivity index (χ0n) is 20.4. The van der Waals surface area contributed by atoms with Crippen molar-refractivity contribution in [3.63, 3.8) is 0 Å². The van der Waals surface area contributed by atoms with Gasteiger partial charge in [0.15, 0.2) is 0 Å². The lowest BCUT2D eigenvalue weighted by Crippen LogP contribution is -2.42. The van der Waals surface area contributed by atoms with Gasteiger partial charge in [-0.2, -0.15) is 0 Å². The number of thiophene rings is 1. The summed E-state index contributed by atoms with van der Waals surface area (Å²) in [5.74, 6) is -0.149. The third-order valence-electron chi connectivity index (χ3n) is 6.66. The molecule has 0 unspecified atom stereocenters. The Morgan fingerprint density at radius 1 is 1.18 bits per heavy atom. The van der Waals surface area contributed by atoms with Crippen LogP contribution in [0.3, 0.4) is 0 Å². The predicted molar refractivity (Wildman–Crippen MR) is 144 cm³/mol. The normalized spacial score (nSPS) is 18.2. The van der Waals surface area contributed by atoms with Crippen molar-refractivity contribution in [2.75, 3.05) is 25.5 Å². The second kappa shape index (κ2) is 11.9. The van der Waals surface area contributed by atoms with E-state index in [0.29, 0.717) is 23.2 Å². The Bertz CT molecular complexity index is 1030. The number of halogens is 2. The molecule has 3 rings (SSSR count). The average molecular weight is 560 g/mol. The summed E-state index contributed by atoms with van der Waals surface area (Å²) in [6.07, 6.45) is 4.75. The van der Waals surface area contributed by atoms with Gasteiger partial charge < -0.3 is 20.1 Å². The molecule has 2 heterocycles. The van der Waals surface area contributed by atoms with E-state index < -0.39 is 0 Å². The van der Waals surface area contributed by atoms with Crippen molar-refractivity contribution in [1.82, 2.24) is 15.2 Å². The number of carbonyl (C=O) groups is 1. The Hall–Kier alpha value is -1.35. The summed E-state index contributed by atoms with van der Waals surface area (Å²) in [5.41, 5.74) is 3.84. The summed E-state index contributed by atoms with van der Waals surface area (Å²) in [5, 5.41) is 4.13. The van der Waals surface area contributed by atoms with Crippen LogP contribution in [0, 0.1) is 20.8 Å². The van der Waals surface area contributed by atoms with Crippen molar-refractivity contribution in [3.05, 3.63) is 48.2 Å². The van der Waals surface area contributed by atoms with E-state index in [0.717, 1.165) is 27.2 Å². The molecule has 1 aliphatic carbocycles. The number of H-pyrrole nitrogens is 1. The van der Waals surface area contributed by atoms with Crippen LogP contribution in [0.2, 0.25) is 0 Å². The molecule has 1 amide bonds. The smallest absolute Gasteiger partial charge is 0.253 e. The largest absolute Gasteiger partial charge is 0.360 e. The molecule has 33 heavy (non-hydrogen) atoms. The van der Waals surface area contributed by atoms with Crippen LogP contribution in [0.15, 0.2) is 14.6 Å². The molecule has 184 valence electrons. The topological polar surface area (TPSA) is 68.4 Å². The van der Waals surface area contributed by atoms with Crippen molar-refractivity contribution in [1.29, 1.82) is 0 Å². The molecule has 2 N–H and O–H groups in total. The fourth-order valence-corrected chi connectivity index (χ4v) is 6.92. The zero-order valence-corrected chi connectivity index (χ0v) is 23.6. The number of amides is 1. The Kier molecular flexibility index (Phi) is 10.0. The first-order chi connectivity index (χ1) is 15.1. The highest BCUT2D eigenvalue weighted by Gasteiger charge is 2.30. The quantitative estimate of drug-likeness (QED) is 0.491. The highest BCUT2D eigenvalue weighted by atomic mass is 79.9. The standard InChI is InChI=1S/C24H35BrN4O2S.ClH/c1-7-29(18-10-8-17(9-11-18)28(5)6)24-16(4)20(21(25)32-24)23(31)26-13-19-14(2)12-15(3)27-22(19)30;/h12,17-18H,7-11,13H2,1-6H3,(H,26,31)(H,27,30);1H/t17-,18-;. The van der Waals surface area contributed by atoms with Crippen LogP contribution in [0.25, 0.3) is 0 Å². The lowest BCUT2D eigenvalue weighted by atomic mass is 9.89. The van der Waals surface area contributed by atoms with E-state index >= 15 is 0 Å². The molecule has 0 aliphatic heterocycles. The first-order valence-corrected chi connectivity index (χ1v) is 12.9. The first-order valence-electron chi connectivity index (χ1n) is 11.3. The van der Waals surface area contributed by atoms with Crippen LogP contribution >= 0.6 is 39.7 Å². The van der Waals surface area contributed by atoms with Gasteiger partial charge in [-0.15, -0.1) is 23.7 Å². The summed E-state index contributed by atoms with van der Waals surface area (Å²) >= 11 is 5.28. The van der Waals surface area contributed by atoms with Crippen LogP contribution in [0.5, 0.6) is 0 Å². The molecule has 1 fully saturated rings. The molecule has 2 aromatic heterocycles. The van der Waals surface area contributed by atoms with Crippen LogP contribution in [0.1, 0.15) is 65.3 Å². The van der Waals surface area contributed by atoms with E-state index in [9.17, 15) is 9.59 Å². The van der Waals surface area contributed by atoms with E-state index in [4.69, 9.17) is 0 Å². The molecule has 0 spiro atoms. The molecule has 1 saturated carbocycles. The Morgan fingerprint density at radius 3 is 2.33 bits per heavy atom. The molecular formula is C24H36BrClN4O2S. The molecule has 9 heteroatoms. The Morgan fingerprint density at radius 2 is 1.79 bits per heavy atom. The SMILES string of the molecule is CCN(c1sc(Br)c(C(=O)NCc2c(C)cc(C)[nH]c2=O)c1C)[C@H]1CC[C@H](N(C)C)CC1.Cl. The number of aromatic amines is 1. The van der Waals surface area contributed by atoms with E-state index in [1.54, 1.807) is 11.3 Å². The number of nitrogens with zero attached hydrogens (tertiary/aromatic N) is 2. The highest BCUT2D eigenvalue weighted by molar-refractivity contribution is 9.11. The maximum Gasteiger partial charge on any atom is 0.253 e. The van der Waals surface area contributed by atoms with Gasteiger partial charge in [0.1, 0.15) is 0 Å². The summed E-state index contributed by atoms with van der Waals surface area (Å²) in [4.78, 5) is 33.0. The third-order valence-corrected chi connectivity index (χ3v) is 8.66. The van der Waals surface area contributed by atoms with E-state index in [1.165, 1.54) is 30.7 Å². The van der Waals surface area contributed by atoms with E-state index in [2.05, 4.69) is 57.0 Å². The van der Waals surface area contributed by atoms with E-state index in [1.807, 2.05) is 26.8 Å². The molecule has 0 atom stereocenters. The van der Waals surface area contributed by atoms with Gasteiger partial charge in [0.2, 0.25) is 0 Å². The molecular weight excluding hydrogens is 524 g/mol. The maximum atomic E-state index is 13.1. The minimum Gasteiger partial charge on any atom is -0.360 e. The van der Waals surface area contributed by atoms with Crippen molar-refractivity contribution in [3.8, 4) is 0 Å². The number of aryl methyl sites for hydroxylation is 2. The van der Waals surface area contributed by atoms with E-state index in [-0.39, 0.29) is 30.4 Å². The number of carbonyl (C=O) groups excluding carboxylic acids is 1. The maximum absolute atomic E-state index is 13.1. The van der Waals surface area contributed by atoms with Crippen LogP contribution in [-0.2, 0) is 6.54 Å². The number of hydrogen-bond acceptors (Lipinski definition) is 5. The van der Waals surface area contributed by atoms with Crippen molar-refractivity contribution >= 4 is 50.6 Å². The fraction of sp³-hybridized carbons (Fsp3) is 0.583. The minimum atomic E-state index is -0.149. The molecule has 1 aliphatic rings. The van der Waals surface area contributed by atoms with Crippen molar-refractivity contribution < 1.29 is 4.79 Å². The summed E-state index contributed by atoms with van der Waals surface area (Å²) in [7, 11) is 4.33. The molecule has 0 aromatic carbocycles. The molecule has 6 nitrogen and oxygen atoms in total. The monoisotopic (exact) mass is 558 g/mol. The first kappa shape index (κ1) is 27.9. The summed E-state index contributed by atoms with van der Waals surface area (Å²) < 4.78 is 0.845. The van der Waals surface area contributed by atoms with Crippen LogP contribution in [0.4, 0.5) is 5.00 Å². The van der Waals surface area contributed by atoms with Gasteiger partial charge >= 0.3 is 0 Å². The number of anilines is 1. The van der Waals surface area contributed by atoms with Crippen LogP contribution in [-0.4, -0.2) is 48.5 Å². The van der Waals surface area contributed by atoms with Gasteiger partial charge in [0.05, 0.1) is 14.4 Å². The molecule has 0 bridgehead atoms. The van der Waals surface area contributed by atoms with Gasteiger partial charge in [-0.3, -0.25) is 9.59 Å². The van der Waals surface area contributed by atoms with Gasteiger partial charge in [0.25, 0.3) is 11.5 Å². The average Bonchev–Trinajstić information content (AvgIpc) is 3.02. The van der Waals surface area contributed by atoms with Crippen molar-refractivity contribution in [2.24, 2.45) is 0 Å². The van der Waals surface area contributed by atoms with Crippen LogP contribution < -0.4 is 15.8 Å². The lowest BCUT2D eigenvalue weighted by molar-refractivity contribution is 0.0950.